The number of amides is 2. The number of hydrogen-bond acceptors (Lipinski definition) is 2. The van der Waals surface area contributed by atoms with Gasteiger partial charge in [-0.1, -0.05) is 13.8 Å². The van der Waals surface area contributed by atoms with Gasteiger partial charge in [-0.15, -0.1) is 0 Å². The average molecular weight is 320 g/mol. The van der Waals surface area contributed by atoms with Crippen LogP contribution in [-0.2, 0) is 9.59 Å². The standard InChI is InChI=1S/C19H32N2O2/c1-4-12(2)18(23)20-11-17(22)21-13(3)19-8-14-5-15(9-19)7-16(6-14)10-19/h12-16H,4-11H2,1-3H3,(H,20,23)(H,21,22)/t12-,13+,14?,15?,16?,19?/m0/s1. The summed E-state index contributed by atoms with van der Waals surface area (Å²) in [6, 6.07) is 0.226. The van der Waals surface area contributed by atoms with Crippen LogP contribution in [0.4, 0.5) is 0 Å². The minimum absolute atomic E-state index is 0.0230. The fraction of sp³-hybridized carbons (Fsp3) is 0.895. The third-order valence-electron chi connectivity index (χ3n) is 6.86. The lowest BCUT2D eigenvalue weighted by Gasteiger charge is -2.59. The first kappa shape index (κ1) is 16.8. The number of nitrogens with one attached hydrogen (secondary N) is 2. The van der Waals surface area contributed by atoms with Gasteiger partial charge in [0.05, 0.1) is 6.54 Å². The molecule has 4 heteroatoms. The van der Waals surface area contributed by atoms with Gasteiger partial charge in [-0.3, -0.25) is 9.59 Å². The highest BCUT2D eigenvalue weighted by Crippen LogP contribution is 2.61. The van der Waals surface area contributed by atoms with Crippen LogP contribution < -0.4 is 10.6 Å². The Kier molecular flexibility index (Phi) is 4.70. The lowest BCUT2D eigenvalue weighted by molar-refractivity contribution is -0.130. The second-order valence-corrected chi connectivity index (χ2v) is 8.60. The normalized spacial score (nSPS) is 37.3. The van der Waals surface area contributed by atoms with Crippen LogP contribution in [0.25, 0.3) is 0 Å². The van der Waals surface area contributed by atoms with Gasteiger partial charge >= 0.3 is 0 Å². The molecule has 0 aromatic carbocycles. The third-order valence-corrected chi connectivity index (χ3v) is 6.86. The fourth-order valence-electron chi connectivity index (χ4n) is 5.68. The van der Waals surface area contributed by atoms with Gasteiger partial charge < -0.3 is 10.6 Å². The molecule has 2 amide bonds. The first-order chi connectivity index (χ1) is 10.9. The highest BCUT2D eigenvalue weighted by Gasteiger charge is 2.53. The molecule has 0 aromatic heterocycles. The molecule has 4 bridgehead atoms. The van der Waals surface area contributed by atoms with E-state index in [-0.39, 0.29) is 30.3 Å². The molecule has 4 fully saturated rings. The van der Waals surface area contributed by atoms with Crippen LogP contribution in [0.3, 0.4) is 0 Å². The van der Waals surface area contributed by atoms with Crippen molar-refractivity contribution in [1.82, 2.24) is 10.6 Å². The van der Waals surface area contributed by atoms with Crippen molar-refractivity contribution in [2.45, 2.75) is 71.8 Å². The van der Waals surface area contributed by atoms with Crippen molar-refractivity contribution in [3.8, 4) is 0 Å². The maximum absolute atomic E-state index is 12.2. The molecule has 2 N–H and O–H groups in total. The smallest absolute Gasteiger partial charge is 0.239 e. The topological polar surface area (TPSA) is 58.2 Å². The molecule has 23 heavy (non-hydrogen) atoms. The van der Waals surface area contributed by atoms with Crippen molar-refractivity contribution in [1.29, 1.82) is 0 Å². The van der Waals surface area contributed by atoms with Gasteiger partial charge in [0.25, 0.3) is 0 Å². The maximum Gasteiger partial charge on any atom is 0.239 e. The Morgan fingerprint density at radius 1 is 1.04 bits per heavy atom. The van der Waals surface area contributed by atoms with E-state index < -0.39 is 0 Å². The number of rotatable bonds is 6. The third kappa shape index (κ3) is 3.41. The van der Waals surface area contributed by atoms with Crippen LogP contribution in [0.2, 0.25) is 0 Å². The highest BCUT2D eigenvalue weighted by molar-refractivity contribution is 5.85. The minimum atomic E-state index is -0.0371. The average Bonchev–Trinajstić information content (AvgIpc) is 2.50. The second kappa shape index (κ2) is 6.45. The van der Waals surface area contributed by atoms with E-state index in [9.17, 15) is 9.59 Å². The fourth-order valence-corrected chi connectivity index (χ4v) is 5.68. The molecule has 2 atom stereocenters. The summed E-state index contributed by atoms with van der Waals surface area (Å²) in [7, 11) is 0. The summed E-state index contributed by atoms with van der Waals surface area (Å²) in [4.78, 5) is 24.0. The van der Waals surface area contributed by atoms with E-state index in [0.29, 0.717) is 5.41 Å². The van der Waals surface area contributed by atoms with Crippen molar-refractivity contribution < 1.29 is 9.59 Å². The summed E-state index contributed by atoms with van der Waals surface area (Å²) >= 11 is 0. The van der Waals surface area contributed by atoms with Crippen LogP contribution in [0.15, 0.2) is 0 Å². The quantitative estimate of drug-likeness (QED) is 0.790. The van der Waals surface area contributed by atoms with Crippen molar-refractivity contribution in [2.75, 3.05) is 6.54 Å². The first-order valence-electron chi connectivity index (χ1n) is 9.49. The van der Waals surface area contributed by atoms with E-state index in [0.717, 1.165) is 24.2 Å². The zero-order valence-electron chi connectivity index (χ0n) is 14.9. The first-order valence-corrected chi connectivity index (χ1v) is 9.49. The molecule has 130 valence electrons. The number of carbonyl (C=O) groups excluding carboxylic acids is 2. The Bertz CT molecular complexity index is 439. The SMILES string of the molecule is CC[C@H](C)C(=O)NCC(=O)N[C@H](C)C12CC3CC(CC(C3)C1)C2. The number of carbonyl (C=O) groups is 2. The van der Waals surface area contributed by atoms with E-state index in [2.05, 4.69) is 17.6 Å². The molecule has 4 aliphatic rings. The van der Waals surface area contributed by atoms with Gasteiger partial charge in [-0.25, -0.2) is 0 Å². The predicted molar refractivity (Wildman–Crippen MR) is 90.7 cm³/mol. The van der Waals surface area contributed by atoms with Gasteiger partial charge in [0, 0.05) is 12.0 Å². The van der Waals surface area contributed by atoms with Crippen LogP contribution in [0, 0.1) is 29.1 Å². The lowest BCUT2D eigenvalue weighted by atomic mass is 9.48. The molecule has 4 rings (SSSR count). The van der Waals surface area contributed by atoms with Crippen molar-refractivity contribution in [3.63, 3.8) is 0 Å². The minimum Gasteiger partial charge on any atom is -0.352 e. The summed E-state index contributed by atoms with van der Waals surface area (Å²) < 4.78 is 0. The largest absolute Gasteiger partial charge is 0.352 e. The van der Waals surface area contributed by atoms with Crippen molar-refractivity contribution >= 4 is 11.8 Å². The van der Waals surface area contributed by atoms with Crippen molar-refractivity contribution in [3.05, 3.63) is 0 Å². The van der Waals surface area contributed by atoms with Gasteiger partial charge in [-0.05, 0) is 75.0 Å². The summed E-state index contributed by atoms with van der Waals surface area (Å²) in [5.41, 5.74) is 0.325. The maximum atomic E-state index is 12.2. The van der Waals surface area contributed by atoms with Gasteiger partial charge in [-0.2, -0.15) is 0 Å². The van der Waals surface area contributed by atoms with Crippen LogP contribution in [0.5, 0.6) is 0 Å². The van der Waals surface area contributed by atoms with E-state index in [1.807, 2.05) is 13.8 Å². The van der Waals surface area contributed by atoms with Crippen LogP contribution in [0.1, 0.15) is 65.7 Å². The molecule has 0 heterocycles. The molecule has 0 saturated heterocycles. The molecule has 4 nitrogen and oxygen atoms in total. The molecule has 0 radical (unpaired) electrons. The Balaban J connectivity index is 1.52. The summed E-state index contributed by atoms with van der Waals surface area (Å²) in [6.07, 6.45) is 8.94. The molecule has 0 aliphatic heterocycles. The number of hydrogen-bond donors (Lipinski definition) is 2. The second-order valence-electron chi connectivity index (χ2n) is 8.60. The lowest BCUT2D eigenvalue weighted by Crippen LogP contribution is -2.56. The van der Waals surface area contributed by atoms with Gasteiger partial charge in [0.1, 0.15) is 0 Å². The van der Waals surface area contributed by atoms with Crippen molar-refractivity contribution in [2.24, 2.45) is 29.1 Å². The monoisotopic (exact) mass is 320 g/mol. The van der Waals surface area contributed by atoms with E-state index in [4.69, 9.17) is 0 Å². The van der Waals surface area contributed by atoms with E-state index in [1.165, 1.54) is 38.5 Å². The summed E-state index contributed by atoms with van der Waals surface area (Å²) in [5, 5.41) is 5.96. The van der Waals surface area contributed by atoms with Crippen LogP contribution in [-0.4, -0.2) is 24.4 Å². The predicted octanol–water partition coefficient (Wildman–Crippen LogP) is 2.87. The van der Waals surface area contributed by atoms with Gasteiger partial charge in [0.15, 0.2) is 0 Å². The van der Waals surface area contributed by atoms with E-state index >= 15 is 0 Å². The Hall–Kier alpha value is -1.06. The molecule has 4 saturated carbocycles. The molecule has 0 spiro atoms. The highest BCUT2D eigenvalue weighted by atomic mass is 16.2. The van der Waals surface area contributed by atoms with Gasteiger partial charge in [0.2, 0.25) is 11.8 Å². The summed E-state index contributed by atoms with van der Waals surface area (Å²) in [6.45, 7) is 6.17. The molecular formula is C19H32N2O2. The molecule has 0 aromatic rings. The molecule has 4 aliphatic carbocycles. The zero-order chi connectivity index (χ0) is 16.6. The Morgan fingerprint density at radius 2 is 1.57 bits per heavy atom. The summed E-state index contributed by atoms with van der Waals surface area (Å²) in [5.74, 6) is 2.60. The molecule has 0 unspecified atom stereocenters. The van der Waals surface area contributed by atoms with E-state index in [1.54, 1.807) is 0 Å². The molecular weight excluding hydrogens is 288 g/mol. The van der Waals surface area contributed by atoms with Crippen LogP contribution >= 0.6 is 0 Å². The Morgan fingerprint density at radius 3 is 2.04 bits per heavy atom. The zero-order valence-corrected chi connectivity index (χ0v) is 14.9. The Labute approximate surface area is 140 Å².